The number of rotatable bonds is 2. The first-order chi connectivity index (χ1) is 5.59. The van der Waals surface area contributed by atoms with E-state index in [0.29, 0.717) is 0 Å². The van der Waals surface area contributed by atoms with Crippen LogP contribution in [-0.2, 0) is 6.54 Å². The van der Waals surface area contributed by atoms with Gasteiger partial charge in [-0.15, -0.1) is 0 Å². The molecule has 0 bridgehead atoms. The first-order valence-electron chi connectivity index (χ1n) is 3.64. The predicted molar refractivity (Wildman–Crippen MR) is 46.0 cm³/mol. The van der Waals surface area contributed by atoms with Gasteiger partial charge in [0.2, 0.25) is 5.95 Å². The quantitative estimate of drug-likeness (QED) is 0.668. The number of pyridine rings is 1. The summed E-state index contributed by atoms with van der Waals surface area (Å²) in [6.07, 6.45) is 1.49. The van der Waals surface area contributed by atoms with E-state index in [1.54, 1.807) is 6.07 Å². The molecule has 0 atom stereocenters. The fourth-order valence-corrected chi connectivity index (χ4v) is 0.962. The standard InChI is InChI=1S/C8H12FN3/c1-12(2)5-6-3-7(10)8(9)11-4-6/h3-4H,5,10H2,1-2H3. The maximum atomic E-state index is 12.6. The van der Waals surface area contributed by atoms with Crippen LogP contribution in [0.2, 0.25) is 0 Å². The SMILES string of the molecule is CN(C)Cc1cnc(F)c(N)c1. The molecule has 0 radical (unpaired) electrons. The molecule has 1 aromatic rings. The molecule has 66 valence electrons. The number of hydrogen-bond donors (Lipinski definition) is 1. The fraction of sp³-hybridized carbons (Fsp3) is 0.375. The lowest BCUT2D eigenvalue weighted by atomic mass is 10.2. The molecule has 3 nitrogen and oxygen atoms in total. The van der Waals surface area contributed by atoms with Gasteiger partial charge in [0.05, 0.1) is 5.69 Å². The lowest BCUT2D eigenvalue weighted by Crippen LogP contribution is -2.11. The Kier molecular flexibility index (Phi) is 2.60. The van der Waals surface area contributed by atoms with Crippen molar-refractivity contribution in [2.45, 2.75) is 6.54 Å². The molecule has 0 aliphatic heterocycles. The van der Waals surface area contributed by atoms with Crippen molar-refractivity contribution < 1.29 is 4.39 Å². The molecule has 0 unspecified atom stereocenters. The molecular weight excluding hydrogens is 157 g/mol. The van der Waals surface area contributed by atoms with Gasteiger partial charge in [0.15, 0.2) is 0 Å². The summed E-state index contributed by atoms with van der Waals surface area (Å²) in [5, 5.41) is 0. The third-order valence-corrected chi connectivity index (χ3v) is 1.42. The second kappa shape index (κ2) is 3.49. The Morgan fingerprint density at radius 1 is 1.58 bits per heavy atom. The molecule has 1 aromatic heterocycles. The molecule has 0 amide bonds. The van der Waals surface area contributed by atoms with Crippen LogP contribution in [0.15, 0.2) is 12.3 Å². The van der Waals surface area contributed by atoms with Crippen LogP contribution in [-0.4, -0.2) is 24.0 Å². The Labute approximate surface area is 71.0 Å². The summed E-state index contributed by atoms with van der Waals surface area (Å²) < 4.78 is 12.6. The summed E-state index contributed by atoms with van der Waals surface area (Å²) >= 11 is 0. The summed E-state index contributed by atoms with van der Waals surface area (Å²) in [6.45, 7) is 0.720. The largest absolute Gasteiger partial charge is 0.395 e. The summed E-state index contributed by atoms with van der Waals surface area (Å²) in [4.78, 5) is 5.48. The molecule has 0 spiro atoms. The summed E-state index contributed by atoms with van der Waals surface area (Å²) in [6, 6.07) is 1.60. The van der Waals surface area contributed by atoms with Crippen LogP contribution < -0.4 is 5.73 Å². The number of aromatic nitrogens is 1. The zero-order valence-electron chi connectivity index (χ0n) is 7.21. The van der Waals surface area contributed by atoms with Crippen molar-refractivity contribution in [2.24, 2.45) is 0 Å². The fourth-order valence-electron chi connectivity index (χ4n) is 0.962. The van der Waals surface area contributed by atoms with Crippen LogP contribution in [0.5, 0.6) is 0 Å². The van der Waals surface area contributed by atoms with E-state index in [1.807, 2.05) is 19.0 Å². The molecule has 0 aromatic carbocycles. The highest BCUT2D eigenvalue weighted by atomic mass is 19.1. The zero-order valence-corrected chi connectivity index (χ0v) is 7.21. The van der Waals surface area contributed by atoms with E-state index in [4.69, 9.17) is 5.73 Å². The van der Waals surface area contributed by atoms with Crippen LogP contribution in [0.3, 0.4) is 0 Å². The van der Waals surface area contributed by atoms with Crippen LogP contribution >= 0.6 is 0 Å². The van der Waals surface area contributed by atoms with Gasteiger partial charge in [-0.1, -0.05) is 0 Å². The van der Waals surface area contributed by atoms with Crippen LogP contribution in [0, 0.1) is 5.95 Å². The van der Waals surface area contributed by atoms with Gasteiger partial charge in [0.25, 0.3) is 0 Å². The maximum Gasteiger partial charge on any atom is 0.236 e. The second-order valence-corrected chi connectivity index (χ2v) is 2.96. The lowest BCUT2D eigenvalue weighted by Gasteiger charge is -2.09. The number of nitrogens with two attached hydrogens (primary N) is 1. The second-order valence-electron chi connectivity index (χ2n) is 2.96. The normalized spacial score (nSPS) is 10.7. The van der Waals surface area contributed by atoms with Crippen LogP contribution in [0.1, 0.15) is 5.56 Å². The van der Waals surface area contributed by atoms with E-state index in [9.17, 15) is 4.39 Å². The van der Waals surface area contributed by atoms with Gasteiger partial charge < -0.3 is 10.6 Å². The maximum absolute atomic E-state index is 12.6. The van der Waals surface area contributed by atoms with Gasteiger partial charge in [-0.05, 0) is 25.7 Å². The highest BCUT2D eigenvalue weighted by Gasteiger charge is 2.01. The Morgan fingerprint density at radius 3 is 2.75 bits per heavy atom. The van der Waals surface area contributed by atoms with Gasteiger partial charge in [-0.3, -0.25) is 0 Å². The number of nitrogens with zero attached hydrogens (tertiary/aromatic N) is 2. The van der Waals surface area contributed by atoms with Gasteiger partial charge >= 0.3 is 0 Å². The third-order valence-electron chi connectivity index (χ3n) is 1.42. The topological polar surface area (TPSA) is 42.2 Å². The number of hydrogen-bond acceptors (Lipinski definition) is 3. The summed E-state index contributed by atoms with van der Waals surface area (Å²) in [5.74, 6) is -0.600. The van der Waals surface area contributed by atoms with Crippen molar-refractivity contribution >= 4 is 5.69 Å². The Bertz CT molecular complexity index is 273. The van der Waals surface area contributed by atoms with Crippen LogP contribution in [0.4, 0.5) is 10.1 Å². The van der Waals surface area contributed by atoms with Gasteiger partial charge in [0.1, 0.15) is 0 Å². The Balaban J connectivity index is 2.82. The third kappa shape index (κ3) is 2.17. The first kappa shape index (κ1) is 8.93. The van der Waals surface area contributed by atoms with E-state index >= 15 is 0 Å². The molecular formula is C8H12FN3. The van der Waals surface area contributed by atoms with Crippen molar-refractivity contribution in [1.29, 1.82) is 0 Å². The molecule has 0 aliphatic carbocycles. The average Bonchev–Trinajstić information content (AvgIpc) is 1.96. The Morgan fingerprint density at radius 2 is 2.25 bits per heavy atom. The minimum absolute atomic E-state index is 0.106. The predicted octanol–water partition coefficient (Wildman–Crippen LogP) is 0.865. The zero-order chi connectivity index (χ0) is 9.14. The highest BCUT2D eigenvalue weighted by molar-refractivity contribution is 5.38. The van der Waals surface area contributed by atoms with E-state index in [0.717, 1.165) is 12.1 Å². The van der Waals surface area contributed by atoms with E-state index in [2.05, 4.69) is 4.98 Å². The van der Waals surface area contributed by atoms with E-state index in [-0.39, 0.29) is 5.69 Å². The van der Waals surface area contributed by atoms with Crippen molar-refractivity contribution in [3.05, 3.63) is 23.8 Å². The lowest BCUT2D eigenvalue weighted by molar-refractivity contribution is 0.401. The molecule has 0 saturated carbocycles. The molecule has 0 fully saturated rings. The Hall–Kier alpha value is -1.16. The minimum Gasteiger partial charge on any atom is -0.395 e. The summed E-state index contributed by atoms with van der Waals surface area (Å²) in [7, 11) is 3.86. The summed E-state index contributed by atoms with van der Waals surface area (Å²) in [5.41, 5.74) is 6.36. The molecule has 2 N–H and O–H groups in total. The first-order valence-corrected chi connectivity index (χ1v) is 3.64. The monoisotopic (exact) mass is 169 g/mol. The number of anilines is 1. The van der Waals surface area contributed by atoms with Gasteiger partial charge in [-0.25, -0.2) is 4.98 Å². The van der Waals surface area contributed by atoms with Crippen molar-refractivity contribution in [1.82, 2.24) is 9.88 Å². The van der Waals surface area contributed by atoms with Crippen molar-refractivity contribution in [2.75, 3.05) is 19.8 Å². The molecule has 4 heteroatoms. The van der Waals surface area contributed by atoms with Crippen LogP contribution in [0.25, 0.3) is 0 Å². The minimum atomic E-state index is -0.600. The molecule has 1 heterocycles. The van der Waals surface area contributed by atoms with E-state index < -0.39 is 5.95 Å². The average molecular weight is 169 g/mol. The molecule has 12 heavy (non-hydrogen) atoms. The smallest absolute Gasteiger partial charge is 0.236 e. The number of nitrogen functional groups attached to an aromatic ring is 1. The molecule has 0 aliphatic rings. The molecule has 1 rings (SSSR count). The van der Waals surface area contributed by atoms with Gasteiger partial charge in [0, 0.05) is 12.7 Å². The van der Waals surface area contributed by atoms with Crippen molar-refractivity contribution in [3.8, 4) is 0 Å². The molecule has 0 saturated heterocycles. The van der Waals surface area contributed by atoms with E-state index in [1.165, 1.54) is 6.20 Å². The highest BCUT2D eigenvalue weighted by Crippen LogP contribution is 2.09. The van der Waals surface area contributed by atoms with Gasteiger partial charge in [-0.2, -0.15) is 4.39 Å². The van der Waals surface area contributed by atoms with Crippen molar-refractivity contribution in [3.63, 3.8) is 0 Å². The number of halogens is 1.